The van der Waals surface area contributed by atoms with Crippen molar-refractivity contribution >= 4 is 34.9 Å². The van der Waals surface area contributed by atoms with Crippen LogP contribution in [0.25, 0.3) is 0 Å². The zero-order chi connectivity index (χ0) is 18.5. The van der Waals surface area contributed by atoms with Crippen LogP contribution in [0.15, 0.2) is 42.5 Å². The van der Waals surface area contributed by atoms with Crippen molar-refractivity contribution in [3.63, 3.8) is 0 Å². The van der Waals surface area contributed by atoms with Gasteiger partial charge >= 0.3 is 5.97 Å². The van der Waals surface area contributed by atoms with E-state index in [1.807, 2.05) is 12.1 Å². The minimum atomic E-state index is -0.477. The Morgan fingerprint density at radius 2 is 1.81 bits per heavy atom. The lowest BCUT2D eigenvalue weighted by Gasteiger charge is -2.17. The van der Waals surface area contributed by atoms with E-state index in [4.69, 9.17) is 11.6 Å². The van der Waals surface area contributed by atoms with Crippen LogP contribution in [0.3, 0.4) is 0 Å². The zero-order valence-electron chi connectivity index (χ0n) is 14.6. The Morgan fingerprint density at radius 1 is 1.12 bits per heavy atom. The Morgan fingerprint density at radius 3 is 2.46 bits per heavy atom. The Balaban J connectivity index is 1.64. The number of hydrogen-bond donors (Lipinski definition) is 1. The summed E-state index contributed by atoms with van der Waals surface area (Å²) in [4.78, 5) is 26.3. The maximum absolute atomic E-state index is 12.3. The van der Waals surface area contributed by atoms with Crippen LogP contribution in [-0.4, -0.2) is 32.1 Å². The fourth-order valence-corrected chi connectivity index (χ4v) is 3.21. The van der Waals surface area contributed by atoms with E-state index in [1.54, 1.807) is 12.1 Å². The minimum absolute atomic E-state index is 0.192. The van der Waals surface area contributed by atoms with E-state index in [0.717, 1.165) is 18.7 Å². The first-order valence-corrected chi connectivity index (χ1v) is 8.96. The average molecular weight is 373 g/mol. The third kappa shape index (κ3) is 4.35. The summed E-state index contributed by atoms with van der Waals surface area (Å²) in [6.07, 6.45) is 2.70. The summed E-state index contributed by atoms with van der Waals surface area (Å²) in [6, 6.07) is 12.7. The summed E-state index contributed by atoms with van der Waals surface area (Å²) in [5, 5.41) is 3.13. The Bertz CT molecular complexity index is 799. The smallest absolute Gasteiger partial charge is 0.337 e. The molecule has 1 fully saturated rings. The molecule has 0 spiro atoms. The van der Waals surface area contributed by atoms with Gasteiger partial charge in [-0.3, -0.25) is 4.79 Å². The second kappa shape index (κ2) is 8.23. The number of hydrogen-bond acceptors (Lipinski definition) is 4. The molecule has 5 nitrogen and oxygen atoms in total. The third-order valence-corrected chi connectivity index (χ3v) is 4.76. The van der Waals surface area contributed by atoms with Crippen molar-refractivity contribution in [3.05, 3.63) is 58.6 Å². The third-order valence-electron chi connectivity index (χ3n) is 4.43. The number of carbonyl (C=O) groups is 2. The highest BCUT2D eigenvalue weighted by Gasteiger charge is 2.14. The molecule has 0 saturated carbocycles. The predicted octanol–water partition coefficient (Wildman–Crippen LogP) is 3.91. The molecule has 1 aliphatic rings. The lowest BCUT2D eigenvalue weighted by Crippen LogP contribution is -2.18. The molecule has 1 amide bonds. The van der Waals surface area contributed by atoms with Crippen LogP contribution >= 0.6 is 11.6 Å². The van der Waals surface area contributed by atoms with E-state index in [9.17, 15) is 9.59 Å². The Kier molecular flexibility index (Phi) is 5.78. The van der Waals surface area contributed by atoms with E-state index >= 15 is 0 Å². The van der Waals surface area contributed by atoms with Gasteiger partial charge in [-0.05, 0) is 48.7 Å². The normalized spacial score (nSPS) is 13.5. The quantitative estimate of drug-likeness (QED) is 0.808. The number of carbonyl (C=O) groups excluding carboxylic acids is 2. The van der Waals surface area contributed by atoms with Gasteiger partial charge in [0.15, 0.2) is 0 Å². The van der Waals surface area contributed by atoms with Crippen LogP contribution in [0.2, 0.25) is 5.02 Å². The van der Waals surface area contributed by atoms with Crippen molar-refractivity contribution in [2.45, 2.75) is 19.3 Å². The number of halogens is 1. The first kappa shape index (κ1) is 18.3. The van der Waals surface area contributed by atoms with Gasteiger partial charge in [-0.15, -0.1) is 0 Å². The highest BCUT2D eigenvalue weighted by molar-refractivity contribution is 6.33. The van der Waals surface area contributed by atoms with Gasteiger partial charge in [0.1, 0.15) is 0 Å². The molecule has 1 heterocycles. The highest BCUT2D eigenvalue weighted by atomic mass is 35.5. The number of amides is 1. The monoisotopic (exact) mass is 372 g/mol. The van der Waals surface area contributed by atoms with Crippen LogP contribution < -0.4 is 10.2 Å². The molecule has 0 aliphatic carbocycles. The summed E-state index contributed by atoms with van der Waals surface area (Å²) in [6.45, 7) is 2.18. The summed E-state index contributed by atoms with van der Waals surface area (Å²) in [5.41, 5.74) is 2.85. The number of nitrogens with zero attached hydrogens (tertiary/aromatic N) is 1. The predicted molar refractivity (Wildman–Crippen MR) is 103 cm³/mol. The molecule has 1 saturated heterocycles. The molecule has 3 rings (SSSR count). The molecule has 0 bridgehead atoms. The molecule has 2 aromatic carbocycles. The van der Waals surface area contributed by atoms with Gasteiger partial charge in [0.2, 0.25) is 5.91 Å². The molecular weight excluding hydrogens is 352 g/mol. The SMILES string of the molecule is COC(=O)c1ccc(Cl)c(NC(=O)Cc2ccc(N3CCCC3)cc2)c1. The summed E-state index contributed by atoms with van der Waals surface area (Å²) >= 11 is 6.11. The largest absolute Gasteiger partial charge is 0.465 e. The van der Waals surface area contributed by atoms with Gasteiger partial charge in [-0.25, -0.2) is 4.79 Å². The first-order valence-electron chi connectivity index (χ1n) is 8.58. The summed E-state index contributed by atoms with van der Waals surface area (Å²) in [5.74, 6) is -0.669. The van der Waals surface area contributed by atoms with Crippen LogP contribution in [0, 0.1) is 0 Å². The fourth-order valence-electron chi connectivity index (χ4n) is 3.05. The molecule has 2 aromatic rings. The van der Waals surface area contributed by atoms with Crippen molar-refractivity contribution < 1.29 is 14.3 Å². The first-order chi connectivity index (χ1) is 12.6. The second-order valence-corrected chi connectivity index (χ2v) is 6.68. The van der Waals surface area contributed by atoms with Crippen LogP contribution in [0.1, 0.15) is 28.8 Å². The number of rotatable bonds is 5. The topological polar surface area (TPSA) is 58.6 Å². The number of ether oxygens (including phenoxy) is 1. The number of nitrogens with one attached hydrogen (secondary N) is 1. The summed E-state index contributed by atoms with van der Waals surface area (Å²) in [7, 11) is 1.31. The molecule has 0 radical (unpaired) electrons. The van der Waals surface area contributed by atoms with Crippen molar-refractivity contribution in [2.24, 2.45) is 0 Å². The number of methoxy groups -OCH3 is 1. The lowest BCUT2D eigenvalue weighted by atomic mass is 10.1. The van der Waals surface area contributed by atoms with Gasteiger partial charge < -0.3 is 15.0 Å². The molecule has 0 unspecified atom stereocenters. The molecular formula is C20H21ClN2O3. The van der Waals surface area contributed by atoms with Gasteiger partial charge in [-0.1, -0.05) is 23.7 Å². The number of anilines is 2. The summed E-state index contributed by atoms with van der Waals surface area (Å²) < 4.78 is 4.69. The Hall–Kier alpha value is -2.53. The van der Waals surface area contributed by atoms with Crippen LogP contribution in [0.5, 0.6) is 0 Å². The molecule has 136 valence electrons. The lowest BCUT2D eigenvalue weighted by molar-refractivity contribution is -0.115. The van der Waals surface area contributed by atoms with Gasteiger partial charge in [0, 0.05) is 18.8 Å². The highest BCUT2D eigenvalue weighted by Crippen LogP contribution is 2.24. The molecule has 1 aliphatic heterocycles. The average Bonchev–Trinajstić information content (AvgIpc) is 3.18. The molecule has 1 N–H and O–H groups in total. The van der Waals surface area contributed by atoms with Gasteiger partial charge in [-0.2, -0.15) is 0 Å². The number of benzene rings is 2. The van der Waals surface area contributed by atoms with E-state index in [-0.39, 0.29) is 12.3 Å². The second-order valence-electron chi connectivity index (χ2n) is 6.27. The van der Waals surface area contributed by atoms with Crippen molar-refractivity contribution in [3.8, 4) is 0 Å². The van der Waals surface area contributed by atoms with E-state index < -0.39 is 5.97 Å². The molecule has 6 heteroatoms. The van der Waals surface area contributed by atoms with Crippen LogP contribution in [-0.2, 0) is 16.0 Å². The minimum Gasteiger partial charge on any atom is -0.465 e. The van der Waals surface area contributed by atoms with Crippen molar-refractivity contribution in [1.82, 2.24) is 0 Å². The molecule has 0 aromatic heterocycles. The molecule has 0 atom stereocenters. The molecule has 26 heavy (non-hydrogen) atoms. The zero-order valence-corrected chi connectivity index (χ0v) is 15.4. The van der Waals surface area contributed by atoms with Gasteiger partial charge in [0.25, 0.3) is 0 Å². The fraction of sp³-hybridized carbons (Fsp3) is 0.300. The maximum atomic E-state index is 12.3. The Labute approximate surface area is 157 Å². The van der Waals surface area contributed by atoms with E-state index in [1.165, 1.54) is 31.7 Å². The van der Waals surface area contributed by atoms with Gasteiger partial charge in [0.05, 0.1) is 29.8 Å². The van der Waals surface area contributed by atoms with Crippen molar-refractivity contribution in [1.29, 1.82) is 0 Å². The van der Waals surface area contributed by atoms with Crippen LogP contribution in [0.4, 0.5) is 11.4 Å². The van der Waals surface area contributed by atoms with E-state index in [0.29, 0.717) is 16.3 Å². The van der Waals surface area contributed by atoms with E-state index in [2.05, 4.69) is 27.1 Å². The standard InChI is InChI=1S/C20H21ClN2O3/c1-26-20(25)15-6-9-17(21)18(13-15)22-19(24)12-14-4-7-16(8-5-14)23-10-2-3-11-23/h4-9,13H,2-3,10-12H2,1H3,(H,22,24). The van der Waals surface area contributed by atoms with Crippen molar-refractivity contribution in [2.75, 3.05) is 30.4 Å². The maximum Gasteiger partial charge on any atom is 0.337 e. The number of esters is 1.